The molecule has 0 spiro atoms. The number of nitrogens with zero attached hydrogens (tertiary/aromatic N) is 2. The van der Waals surface area contributed by atoms with E-state index in [-0.39, 0.29) is 18.4 Å². The molecule has 8 heteroatoms. The largest absolute Gasteiger partial charge is 0.496 e. The Bertz CT molecular complexity index is 894. The van der Waals surface area contributed by atoms with Crippen molar-refractivity contribution >= 4 is 11.8 Å². The van der Waals surface area contributed by atoms with Crippen molar-refractivity contribution in [2.45, 2.75) is 6.42 Å². The molecule has 8 nitrogen and oxygen atoms in total. The van der Waals surface area contributed by atoms with E-state index in [1.807, 2.05) is 12.1 Å². The van der Waals surface area contributed by atoms with Gasteiger partial charge in [0.25, 0.3) is 11.8 Å². The molecule has 0 aromatic heterocycles. The van der Waals surface area contributed by atoms with Crippen LogP contribution in [0.1, 0.15) is 16.8 Å². The number of methoxy groups -OCH3 is 3. The fourth-order valence-electron chi connectivity index (χ4n) is 3.56. The molecule has 1 aliphatic rings. The van der Waals surface area contributed by atoms with Gasteiger partial charge in [-0.15, -0.1) is 0 Å². The molecule has 2 aromatic carbocycles. The van der Waals surface area contributed by atoms with E-state index in [1.54, 1.807) is 47.2 Å². The van der Waals surface area contributed by atoms with E-state index in [2.05, 4.69) is 0 Å². The number of benzene rings is 2. The van der Waals surface area contributed by atoms with E-state index in [9.17, 15) is 9.59 Å². The van der Waals surface area contributed by atoms with Crippen molar-refractivity contribution < 1.29 is 28.5 Å². The van der Waals surface area contributed by atoms with Gasteiger partial charge in [0.2, 0.25) is 0 Å². The lowest BCUT2D eigenvalue weighted by molar-refractivity contribution is -0.133. The Labute approximate surface area is 182 Å². The topological polar surface area (TPSA) is 77.5 Å². The van der Waals surface area contributed by atoms with Crippen LogP contribution >= 0.6 is 0 Å². The minimum Gasteiger partial charge on any atom is -0.496 e. The number of amides is 2. The SMILES string of the molecule is COc1ccccc1OCC(=O)N1CCCN(C(=O)c2c(OC)cccc2OC)CC1. The molecule has 166 valence electrons. The van der Waals surface area contributed by atoms with Crippen molar-refractivity contribution in [2.75, 3.05) is 54.1 Å². The van der Waals surface area contributed by atoms with Crippen LogP contribution in [-0.2, 0) is 4.79 Å². The summed E-state index contributed by atoms with van der Waals surface area (Å²) in [6, 6.07) is 12.4. The van der Waals surface area contributed by atoms with E-state index in [4.69, 9.17) is 18.9 Å². The van der Waals surface area contributed by atoms with Gasteiger partial charge in [-0.3, -0.25) is 9.59 Å². The third kappa shape index (κ3) is 5.20. The van der Waals surface area contributed by atoms with E-state index < -0.39 is 0 Å². The van der Waals surface area contributed by atoms with Crippen molar-refractivity contribution in [2.24, 2.45) is 0 Å². The highest BCUT2D eigenvalue weighted by atomic mass is 16.5. The summed E-state index contributed by atoms with van der Waals surface area (Å²) >= 11 is 0. The Morgan fingerprint density at radius 1 is 0.742 bits per heavy atom. The van der Waals surface area contributed by atoms with Gasteiger partial charge in [-0.05, 0) is 30.7 Å². The van der Waals surface area contributed by atoms with E-state index in [0.29, 0.717) is 61.2 Å². The minimum atomic E-state index is -0.172. The molecule has 0 unspecified atom stereocenters. The average Bonchev–Trinajstić information content (AvgIpc) is 3.08. The molecule has 0 radical (unpaired) electrons. The van der Waals surface area contributed by atoms with Gasteiger partial charge < -0.3 is 28.7 Å². The molecule has 31 heavy (non-hydrogen) atoms. The van der Waals surface area contributed by atoms with Gasteiger partial charge in [-0.25, -0.2) is 0 Å². The number of rotatable bonds is 7. The lowest BCUT2D eigenvalue weighted by atomic mass is 10.1. The highest BCUT2D eigenvalue weighted by Gasteiger charge is 2.27. The first kappa shape index (κ1) is 22.3. The van der Waals surface area contributed by atoms with Gasteiger partial charge in [-0.1, -0.05) is 18.2 Å². The summed E-state index contributed by atoms with van der Waals surface area (Å²) in [5.41, 5.74) is 0.395. The average molecular weight is 428 g/mol. The second-order valence-corrected chi connectivity index (χ2v) is 7.00. The fraction of sp³-hybridized carbons (Fsp3) is 0.391. The summed E-state index contributed by atoms with van der Waals surface area (Å²) < 4.78 is 21.6. The summed E-state index contributed by atoms with van der Waals surface area (Å²) in [4.78, 5) is 29.3. The van der Waals surface area contributed by atoms with E-state index >= 15 is 0 Å². The van der Waals surface area contributed by atoms with Gasteiger partial charge in [0, 0.05) is 26.2 Å². The molecule has 0 N–H and O–H groups in total. The highest BCUT2D eigenvalue weighted by Crippen LogP contribution is 2.30. The first-order valence-electron chi connectivity index (χ1n) is 10.1. The number of ether oxygens (including phenoxy) is 4. The van der Waals surface area contributed by atoms with Gasteiger partial charge in [0.1, 0.15) is 17.1 Å². The van der Waals surface area contributed by atoms with Crippen molar-refractivity contribution in [3.8, 4) is 23.0 Å². The predicted molar refractivity (Wildman–Crippen MR) is 115 cm³/mol. The van der Waals surface area contributed by atoms with Crippen LogP contribution in [0.5, 0.6) is 23.0 Å². The number of carbonyl (C=O) groups is 2. The first-order valence-corrected chi connectivity index (χ1v) is 10.1. The molecule has 1 fully saturated rings. The maximum absolute atomic E-state index is 13.2. The number of carbonyl (C=O) groups excluding carboxylic acids is 2. The number of para-hydroxylation sites is 2. The van der Waals surface area contributed by atoms with Gasteiger partial charge in [0.05, 0.1) is 21.3 Å². The smallest absolute Gasteiger partial charge is 0.261 e. The van der Waals surface area contributed by atoms with Crippen molar-refractivity contribution in [1.29, 1.82) is 0 Å². The Balaban J connectivity index is 1.63. The molecule has 1 heterocycles. The Kier molecular flexibility index (Phi) is 7.59. The molecule has 3 rings (SSSR count). The second kappa shape index (κ2) is 10.6. The molecule has 0 aliphatic carbocycles. The maximum atomic E-state index is 13.2. The zero-order valence-electron chi connectivity index (χ0n) is 18.1. The van der Waals surface area contributed by atoms with Crippen molar-refractivity contribution in [3.63, 3.8) is 0 Å². The second-order valence-electron chi connectivity index (χ2n) is 7.00. The number of hydrogen-bond donors (Lipinski definition) is 0. The van der Waals surface area contributed by atoms with Crippen LogP contribution in [0.4, 0.5) is 0 Å². The molecular formula is C23H28N2O6. The molecular weight excluding hydrogens is 400 g/mol. The quantitative estimate of drug-likeness (QED) is 0.674. The zero-order chi connectivity index (χ0) is 22.2. The van der Waals surface area contributed by atoms with Gasteiger partial charge in [0.15, 0.2) is 18.1 Å². The van der Waals surface area contributed by atoms with Crippen LogP contribution in [0.15, 0.2) is 42.5 Å². The molecule has 2 amide bonds. The Morgan fingerprint density at radius 2 is 1.29 bits per heavy atom. The summed E-state index contributed by atoms with van der Waals surface area (Å²) in [6.07, 6.45) is 0.670. The third-order valence-corrected chi connectivity index (χ3v) is 5.20. The van der Waals surface area contributed by atoms with Crippen LogP contribution in [-0.4, -0.2) is 75.7 Å². The summed E-state index contributed by atoms with van der Waals surface area (Å²) in [7, 11) is 4.60. The number of hydrogen-bond acceptors (Lipinski definition) is 6. The zero-order valence-corrected chi connectivity index (χ0v) is 18.1. The highest BCUT2D eigenvalue weighted by molar-refractivity contribution is 5.99. The Hall–Kier alpha value is -3.42. The van der Waals surface area contributed by atoms with Crippen LogP contribution in [0.3, 0.4) is 0 Å². The van der Waals surface area contributed by atoms with Crippen LogP contribution < -0.4 is 18.9 Å². The fourth-order valence-corrected chi connectivity index (χ4v) is 3.56. The lowest BCUT2D eigenvalue weighted by Gasteiger charge is -2.23. The molecule has 0 atom stereocenters. The van der Waals surface area contributed by atoms with Crippen molar-refractivity contribution in [3.05, 3.63) is 48.0 Å². The molecule has 0 bridgehead atoms. The van der Waals surface area contributed by atoms with Crippen molar-refractivity contribution in [1.82, 2.24) is 9.80 Å². The summed E-state index contributed by atoms with van der Waals surface area (Å²) in [5.74, 6) is 1.73. The third-order valence-electron chi connectivity index (χ3n) is 5.20. The summed E-state index contributed by atoms with van der Waals surface area (Å²) in [5, 5.41) is 0. The standard InChI is InChI=1S/C23H28N2O6/c1-28-17-8-4-5-9-18(17)31-16-21(26)24-12-7-13-25(15-14-24)23(27)22-19(29-2)10-6-11-20(22)30-3/h4-6,8-11H,7,12-16H2,1-3H3. The molecule has 2 aromatic rings. The maximum Gasteiger partial charge on any atom is 0.261 e. The van der Waals surface area contributed by atoms with E-state index in [0.717, 1.165) is 0 Å². The lowest BCUT2D eigenvalue weighted by Crippen LogP contribution is -2.39. The molecule has 1 aliphatic heterocycles. The monoisotopic (exact) mass is 428 g/mol. The van der Waals surface area contributed by atoms with Crippen LogP contribution in [0.25, 0.3) is 0 Å². The van der Waals surface area contributed by atoms with E-state index in [1.165, 1.54) is 14.2 Å². The predicted octanol–water partition coefficient (Wildman–Crippen LogP) is 2.47. The van der Waals surface area contributed by atoms with Gasteiger partial charge >= 0.3 is 0 Å². The van der Waals surface area contributed by atoms with Gasteiger partial charge in [-0.2, -0.15) is 0 Å². The normalized spacial score (nSPS) is 13.9. The molecule has 1 saturated heterocycles. The summed E-state index contributed by atoms with van der Waals surface area (Å²) in [6.45, 7) is 1.85. The first-order chi connectivity index (χ1) is 15.1. The minimum absolute atomic E-state index is 0.0886. The van der Waals surface area contributed by atoms with Crippen LogP contribution in [0.2, 0.25) is 0 Å². The molecule has 0 saturated carbocycles. The Morgan fingerprint density at radius 3 is 1.94 bits per heavy atom. The van der Waals surface area contributed by atoms with Crippen LogP contribution in [0, 0.1) is 0 Å².